The standard InChI is InChI=1S/C7H17N3/c1-3-4-7(2)10-9-6-5-8/h9H,3-6,8H2,1-2H3/b10-7+. The van der Waals surface area contributed by atoms with E-state index in [2.05, 4.69) is 17.5 Å². The zero-order valence-electron chi connectivity index (χ0n) is 6.85. The monoisotopic (exact) mass is 143 g/mol. The maximum atomic E-state index is 5.26. The van der Waals surface area contributed by atoms with Gasteiger partial charge in [-0.1, -0.05) is 13.3 Å². The lowest BCUT2D eigenvalue weighted by atomic mass is 10.2. The number of hydrogen-bond acceptors (Lipinski definition) is 3. The molecule has 0 unspecified atom stereocenters. The van der Waals surface area contributed by atoms with Gasteiger partial charge in [-0.25, -0.2) is 0 Å². The largest absolute Gasteiger partial charge is 0.329 e. The number of nitrogens with zero attached hydrogens (tertiary/aromatic N) is 1. The van der Waals surface area contributed by atoms with Gasteiger partial charge in [0.25, 0.3) is 0 Å². The predicted molar refractivity (Wildman–Crippen MR) is 45.1 cm³/mol. The van der Waals surface area contributed by atoms with Gasteiger partial charge >= 0.3 is 0 Å². The summed E-state index contributed by atoms with van der Waals surface area (Å²) in [6.45, 7) is 5.57. The van der Waals surface area contributed by atoms with E-state index in [0.29, 0.717) is 6.54 Å². The molecule has 0 aromatic heterocycles. The maximum Gasteiger partial charge on any atom is 0.0452 e. The molecule has 0 rings (SSSR count). The van der Waals surface area contributed by atoms with Gasteiger partial charge in [0, 0.05) is 18.8 Å². The van der Waals surface area contributed by atoms with Crippen molar-refractivity contribution in [2.75, 3.05) is 13.1 Å². The molecule has 0 heterocycles. The topological polar surface area (TPSA) is 50.4 Å². The Morgan fingerprint density at radius 3 is 2.80 bits per heavy atom. The Morgan fingerprint density at radius 2 is 2.30 bits per heavy atom. The van der Waals surface area contributed by atoms with Crippen LogP contribution in [0.25, 0.3) is 0 Å². The third-order valence-electron chi connectivity index (χ3n) is 1.14. The molecule has 0 fully saturated rings. The molecule has 0 aliphatic rings. The highest BCUT2D eigenvalue weighted by Gasteiger charge is 1.86. The van der Waals surface area contributed by atoms with Crippen LogP contribution in [-0.2, 0) is 0 Å². The van der Waals surface area contributed by atoms with Gasteiger partial charge in [0.05, 0.1) is 0 Å². The van der Waals surface area contributed by atoms with E-state index in [1.807, 2.05) is 6.92 Å². The Morgan fingerprint density at radius 1 is 1.60 bits per heavy atom. The molecule has 10 heavy (non-hydrogen) atoms. The molecule has 3 heteroatoms. The molecule has 0 aliphatic carbocycles. The minimum atomic E-state index is 0.642. The summed E-state index contributed by atoms with van der Waals surface area (Å²) in [5, 5.41) is 4.09. The average molecular weight is 143 g/mol. The first-order valence-electron chi connectivity index (χ1n) is 3.77. The van der Waals surface area contributed by atoms with Crippen molar-refractivity contribution in [1.29, 1.82) is 0 Å². The van der Waals surface area contributed by atoms with Gasteiger partial charge in [-0.15, -0.1) is 0 Å². The lowest BCUT2D eigenvalue weighted by Gasteiger charge is -1.98. The van der Waals surface area contributed by atoms with Crippen LogP contribution in [0, 0.1) is 0 Å². The summed E-state index contributed by atoms with van der Waals surface area (Å²) >= 11 is 0. The van der Waals surface area contributed by atoms with Crippen LogP contribution in [0.4, 0.5) is 0 Å². The van der Waals surface area contributed by atoms with Crippen LogP contribution in [0.3, 0.4) is 0 Å². The molecule has 0 atom stereocenters. The predicted octanol–water partition coefficient (Wildman–Crippen LogP) is 0.711. The summed E-state index contributed by atoms with van der Waals surface area (Å²) in [4.78, 5) is 0. The fraction of sp³-hybridized carbons (Fsp3) is 0.857. The molecule has 0 amide bonds. The van der Waals surface area contributed by atoms with Gasteiger partial charge in [0.2, 0.25) is 0 Å². The third kappa shape index (κ3) is 5.56. The van der Waals surface area contributed by atoms with Crippen LogP contribution in [0.2, 0.25) is 0 Å². The summed E-state index contributed by atoms with van der Waals surface area (Å²) in [5.41, 5.74) is 9.29. The molecule has 0 saturated heterocycles. The van der Waals surface area contributed by atoms with Crippen LogP contribution in [0.15, 0.2) is 5.10 Å². The Bertz CT molecular complexity index is 99.0. The van der Waals surface area contributed by atoms with E-state index in [1.165, 1.54) is 0 Å². The maximum absolute atomic E-state index is 5.26. The third-order valence-corrected chi connectivity index (χ3v) is 1.14. The Labute approximate surface area is 62.7 Å². The smallest absolute Gasteiger partial charge is 0.0452 e. The van der Waals surface area contributed by atoms with E-state index < -0.39 is 0 Å². The van der Waals surface area contributed by atoms with Crippen molar-refractivity contribution in [2.45, 2.75) is 26.7 Å². The highest BCUT2D eigenvalue weighted by atomic mass is 15.3. The first-order valence-corrected chi connectivity index (χ1v) is 3.77. The lowest BCUT2D eigenvalue weighted by Crippen LogP contribution is -2.18. The SMILES string of the molecule is CCC/C(C)=N/NCCN. The Hall–Kier alpha value is -0.570. The van der Waals surface area contributed by atoms with E-state index in [4.69, 9.17) is 5.73 Å². The molecular weight excluding hydrogens is 126 g/mol. The number of hydrazone groups is 1. The molecule has 0 aromatic rings. The molecule has 0 aromatic carbocycles. The van der Waals surface area contributed by atoms with Crippen molar-refractivity contribution in [3.63, 3.8) is 0 Å². The molecule has 0 radical (unpaired) electrons. The number of nitrogens with two attached hydrogens (primary N) is 1. The molecule has 60 valence electrons. The van der Waals surface area contributed by atoms with Crippen molar-refractivity contribution >= 4 is 5.71 Å². The quantitative estimate of drug-likeness (QED) is 0.338. The van der Waals surface area contributed by atoms with E-state index in [-0.39, 0.29) is 0 Å². The molecule has 0 bridgehead atoms. The minimum Gasteiger partial charge on any atom is -0.329 e. The molecular formula is C7H17N3. The van der Waals surface area contributed by atoms with Gasteiger partial charge in [-0.2, -0.15) is 5.10 Å². The second-order valence-electron chi connectivity index (χ2n) is 2.29. The molecule has 0 aliphatic heterocycles. The molecule has 3 N–H and O–H groups in total. The number of rotatable bonds is 5. The minimum absolute atomic E-state index is 0.642. The second-order valence-corrected chi connectivity index (χ2v) is 2.29. The van der Waals surface area contributed by atoms with Gasteiger partial charge < -0.3 is 11.2 Å². The number of hydrogen-bond donors (Lipinski definition) is 2. The summed E-state index contributed by atoms with van der Waals surface area (Å²) in [6, 6.07) is 0. The molecule has 3 nitrogen and oxygen atoms in total. The van der Waals surface area contributed by atoms with E-state index in [1.54, 1.807) is 0 Å². The van der Waals surface area contributed by atoms with Gasteiger partial charge in [0.1, 0.15) is 0 Å². The Balaban J connectivity index is 3.28. The van der Waals surface area contributed by atoms with E-state index in [9.17, 15) is 0 Å². The second kappa shape index (κ2) is 6.55. The zero-order valence-corrected chi connectivity index (χ0v) is 6.85. The zero-order chi connectivity index (χ0) is 7.82. The summed E-state index contributed by atoms with van der Waals surface area (Å²) in [7, 11) is 0. The highest BCUT2D eigenvalue weighted by molar-refractivity contribution is 5.81. The highest BCUT2D eigenvalue weighted by Crippen LogP contribution is 1.88. The van der Waals surface area contributed by atoms with Crippen LogP contribution in [0.5, 0.6) is 0 Å². The lowest BCUT2D eigenvalue weighted by molar-refractivity contribution is 0.734. The van der Waals surface area contributed by atoms with Crippen LogP contribution < -0.4 is 11.2 Å². The van der Waals surface area contributed by atoms with Gasteiger partial charge in [-0.05, 0) is 13.3 Å². The van der Waals surface area contributed by atoms with Crippen LogP contribution in [0.1, 0.15) is 26.7 Å². The first-order chi connectivity index (χ1) is 4.81. The van der Waals surface area contributed by atoms with Gasteiger partial charge in [0.15, 0.2) is 0 Å². The van der Waals surface area contributed by atoms with Crippen molar-refractivity contribution in [2.24, 2.45) is 10.8 Å². The number of nitrogens with one attached hydrogen (secondary N) is 1. The van der Waals surface area contributed by atoms with E-state index >= 15 is 0 Å². The van der Waals surface area contributed by atoms with Gasteiger partial charge in [-0.3, -0.25) is 0 Å². The fourth-order valence-electron chi connectivity index (χ4n) is 0.673. The van der Waals surface area contributed by atoms with Crippen molar-refractivity contribution in [3.8, 4) is 0 Å². The van der Waals surface area contributed by atoms with Crippen LogP contribution in [-0.4, -0.2) is 18.8 Å². The normalized spacial score (nSPS) is 11.7. The molecule has 0 saturated carbocycles. The Kier molecular flexibility index (Phi) is 6.18. The van der Waals surface area contributed by atoms with Crippen molar-refractivity contribution < 1.29 is 0 Å². The van der Waals surface area contributed by atoms with E-state index in [0.717, 1.165) is 25.1 Å². The fourth-order valence-corrected chi connectivity index (χ4v) is 0.673. The first kappa shape index (κ1) is 9.43. The summed E-state index contributed by atoms with van der Waals surface area (Å²) in [6.07, 6.45) is 2.22. The molecule has 0 spiro atoms. The van der Waals surface area contributed by atoms with Crippen molar-refractivity contribution in [3.05, 3.63) is 0 Å². The summed E-state index contributed by atoms with van der Waals surface area (Å²) < 4.78 is 0. The van der Waals surface area contributed by atoms with Crippen molar-refractivity contribution in [1.82, 2.24) is 5.43 Å². The summed E-state index contributed by atoms with van der Waals surface area (Å²) in [5.74, 6) is 0. The van der Waals surface area contributed by atoms with Crippen LogP contribution >= 0.6 is 0 Å². The average Bonchev–Trinajstić information content (AvgIpc) is 1.89.